The van der Waals surface area contributed by atoms with Crippen LogP contribution in [-0.2, 0) is 0 Å². The van der Waals surface area contributed by atoms with Crippen molar-refractivity contribution in [2.24, 2.45) is 5.92 Å². The van der Waals surface area contributed by atoms with Gasteiger partial charge in [-0.2, -0.15) is 4.98 Å². The quantitative estimate of drug-likeness (QED) is 0.222. The number of fused-ring (bicyclic) bond motifs is 1. The summed E-state index contributed by atoms with van der Waals surface area (Å²) in [7, 11) is 0. The Morgan fingerprint density at radius 1 is 1.03 bits per heavy atom. The van der Waals surface area contributed by atoms with E-state index in [2.05, 4.69) is 20.6 Å². The number of halogens is 1. The molecule has 3 heterocycles. The van der Waals surface area contributed by atoms with Crippen molar-refractivity contribution < 1.29 is 24.5 Å². The Morgan fingerprint density at radius 2 is 1.79 bits per heavy atom. The molecule has 11 heteroatoms. The van der Waals surface area contributed by atoms with Gasteiger partial charge in [-0.15, -0.1) is 12.4 Å². The molecule has 0 radical (unpaired) electrons. The van der Waals surface area contributed by atoms with Gasteiger partial charge in [0.2, 0.25) is 11.8 Å². The van der Waals surface area contributed by atoms with Gasteiger partial charge >= 0.3 is 0 Å². The Bertz CT molecular complexity index is 1400. The molecule has 3 aromatic heterocycles. The maximum Gasteiger partial charge on any atom is 0.229 e. The van der Waals surface area contributed by atoms with E-state index in [0.717, 1.165) is 11.1 Å². The van der Waals surface area contributed by atoms with E-state index < -0.39 is 24.2 Å². The van der Waals surface area contributed by atoms with Crippen LogP contribution in [0.3, 0.4) is 0 Å². The second-order valence-electron chi connectivity index (χ2n) is 9.27. The predicted octanol–water partition coefficient (Wildman–Crippen LogP) is 3.98. The SMILES string of the molecule is CCOc1cc2cc(-c3c(C)nc(Nc4ccccc4)nc3N[C@@H]3C[C@H](CO)[C@@H](O)[C@H]3O)oc2c(C)n1.Cl. The first-order chi connectivity index (χ1) is 17.9. The maximum absolute atomic E-state index is 10.7. The molecule has 202 valence electrons. The Balaban J connectivity index is 0.00000336. The maximum atomic E-state index is 10.7. The number of hydrogen-bond acceptors (Lipinski definition) is 10. The van der Waals surface area contributed by atoms with Gasteiger partial charge in [0.15, 0.2) is 5.58 Å². The molecule has 4 atom stereocenters. The van der Waals surface area contributed by atoms with Crippen molar-refractivity contribution in [3.63, 3.8) is 0 Å². The number of pyridine rings is 1. The zero-order valence-electron chi connectivity index (χ0n) is 21.4. The number of nitrogens with one attached hydrogen (secondary N) is 2. The lowest BCUT2D eigenvalue weighted by Gasteiger charge is -2.21. The zero-order chi connectivity index (χ0) is 26.1. The molecule has 0 amide bonds. The standard InChI is InChI=1S/C27H31N5O5.ClH/c1-4-36-21-12-16-11-20(37-25(16)15(3)28-21)22-14(2)29-27(30-18-8-6-5-7-9-18)32-26(22)31-19-10-17(13-33)23(34)24(19)35;/h5-9,11-12,17,19,23-24,33-35H,4,10,13H2,1-3H3,(H2,29,30,31,32);1H/t17-,19-,23-,24+;/m1./s1. The lowest BCUT2D eigenvalue weighted by Crippen LogP contribution is -2.35. The molecule has 1 fully saturated rings. The Morgan fingerprint density at radius 3 is 2.47 bits per heavy atom. The van der Waals surface area contributed by atoms with Crippen molar-refractivity contribution in [3.05, 3.63) is 53.9 Å². The number of anilines is 3. The van der Waals surface area contributed by atoms with Crippen LogP contribution in [-0.4, -0.2) is 61.7 Å². The van der Waals surface area contributed by atoms with Crippen LogP contribution < -0.4 is 15.4 Å². The number of para-hydroxylation sites is 1. The molecule has 1 aliphatic carbocycles. The lowest BCUT2D eigenvalue weighted by atomic mass is 10.1. The van der Waals surface area contributed by atoms with Gasteiger partial charge in [0.1, 0.15) is 17.7 Å². The third-order valence-corrected chi connectivity index (χ3v) is 6.66. The normalized spacial score (nSPS) is 20.8. The van der Waals surface area contributed by atoms with Crippen LogP contribution in [0, 0.1) is 19.8 Å². The highest BCUT2D eigenvalue weighted by molar-refractivity contribution is 5.88. The number of rotatable bonds is 8. The van der Waals surface area contributed by atoms with Crippen molar-refractivity contribution in [3.8, 4) is 17.2 Å². The van der Waals surface area contributed by atoms with Crippen LogP contribution in [0.15, 0.2) is 46.9 Å². The number of furan rings is 1. The van der Waals surface area contributed by atoms with Crippen LogP contribution in [0.1, 0.15) is 24.7 Å². The molecule has 1 aliphatic rings. The molecule has 1 aromatic carbocycles. The number of nitrogens with zero attached hydrogens (tertiary/aromatic N) is 3. The summed E-state index contributed by atoms with van der Waals surface area (Å²) in [5.74, 6) is 1.43. The van der Waals surface area contributed by atoms with Crippen molar-refractivity contribution in [1.82, 2.24) is 15.0 Å². The molecule has 1 saturated carbocycles. The molecular formula is C27H32ClN5O5. The Hall–Kier alpha value is -3.44. The molecular weight excluding hydrogens is 510 g/mol. The number of hydrogen-bond donors (Lipinski definition) is 5. The van der Waals surface area contributed by atoms with Gasteiger partial charge in [-0.1, -0.05) is 18.2 Å². The van der Waals surface area contributed by atoms with Crippen molar-refractivity contribution in [2.75, 3.05) is 23.8 Å². The number of aliphatic hydroxyl groups is 3. The van der Waals surface area contributed by atoms with E-state index in [4.69, 9.17) is 14.1 Å². The fourth-order valence-corrected chi connectivity index (χ4v) is 4.82. The second kappa shape index (κ2) is 11.5. The second-order valence-corrected chi connectivity index (χ2v) is 9.27. The summed E-state index contributed by atoms with van der Waals surface area (Å²) in [5.41, 5.74) is 3.43. The minimum absolute atomic E-state index is 0. The molecule has 38 heavy (non-hydrogen) atoms. The molecule has 10 nitrogen and oxygen atoms in total. The number of aryl methyl sites for hydroxylation is 2. The first kappa shape index (κ1) is 27.6. The summed E-state index contributed by atoms with van der Waals surface area (Å²) < 4.78 is 11.8. The van der Waals surface area contributed by atoms with Gasteiger partial charge in [0.25, 0.3) is 0 Å². The van der Waals surface area contributed by atoms with Gasteiger partial charge in [0, 0.05) is 29.7 Å². The molecule has 5 N–H and O–H groups in total. The van der Waals surface area contributed by atoms with Crippen molar-refractivity contribution >= 4 is 40.8 Å². The van der Waals surface area contributed by atoms with Crippen LogP contribution in [0.5, 0.6) is 5.88 Å². The van der Waals surface area contributed by atoms with Crippen molar-refractivity contribution in [1.29, 1.82) is 0 Å². The summed E-state index contributed by atoms with van der Waals surface area (Å²) >= 11 is 0. The Kier molecular flexibility index (Phi) is 8.37. The molecule has 0 aliphatic heterocycles. The van der Waals surface area contributed by atoms with Gasteiger partial charge in [-0.25, -0.2) is 9.97 Å². The van der Waals surface area contributed by atoms with Crippen molar-refractivity contribution in [2.45, 2.75) is 45.4 Å². The van der Waals surface area contributed by atoms with Gasteiger partial charge in [-0.05, 0) is 45.4 Å². The summed E-state index contributed by atoms with van der Waals surface area (Å²) in [4.78, 5) is 13.9. The summed E-state index contributed by atoms with van der Waals surface area (Å²) in [6.07, 6.45) is -1.72. The smallest absolute Gasteiger partial charge is 0.229 e. The number of aromatic nitrogens is 3. The van der Waals surface area contributed by atoms with E-state index in [1.165, 1.54) is 0 Å². The predicted molar refractivity (Wildman–Crippen MR) is 147 cm³/mol. The highest BCUT2D eigenvalue weighted by Crippen LogP contribution is 2.38. The van der Waals surface area contributed by atoms with E-state index >= 15 is 0 Å². The first-order valence-electron chi connectivity index (χ1n) is 12.4. The first-order valence-corrected chi connectivity index (χ1v) is 12.4. The molecule has 4 aromatic rings. The fourth-order valence-electron chi connectivity index (χ4n) is 4.82. The summed E-state index contributed by atoms with van der Waals surface area (Å²) in [5, 5.41) is 38.0. The van der Waals surface area contributed by atoms with Crippen LogP contribution in [0.25, 0.3) is 22.3 Å². The van der Waals surface area contributed by atoms with Gasteiger partial charge < -0.3 is 35.1 Å². The van der Waals surface area contributed by atoms with Crippen LogP contribution in [0.4, 0.5) is 17.5 Å². The van der Waals surface area contributed by atoms with Crippen LogP contribution in [0.2, 0.25) is 0 Å². The third kappa shape index (κ3) is 5.39. The number of benzene rings is 1. The third-order valence-electron chi connectivity index (χ3n) is 6.66. The fraction of sp³-hybridized carbons (Fsp3) is 0.370. The average molecular weight is 542 g/mol. The van der Waals surface area contributed by atoms with Gasteiger partial charge in [0.05, 0.1) is 35.7 Å². The molecule has 5 rings (SSSR count). The summed E-state index contributed by atoms with van der Waals surface area (Å²) in [6.45, 7) is 5.91. The highest BCUT2D eigenvalue weighted by Gasteiger charge is 2.41. The Labute approximate surface area is 226 Å². The topological polar surface area (TPSA) is 146 Å². The van der Waals surface area contributed by atoms with E-state index in [0.29, 0.717) is 59.0 Å². The van der Waals surface area contributed by atoms with E-state index in [9.17, 15) is 15.3 Å². The largest absolute Gasteiger partial charge is 0.478 e. The number of aliphatic hydroxyl groups excluding tert-OH is 3. The molecule has 0 spiro atoms. The zero-order valence-corrected chi connectivity index (χ0v) is 22.2. The molecule has 0 unspecified atom stereocenters. The highest BCUT2D eigenvalue weighted by atomic mass is 35.5. The summed E-state index contributed by atoms with van der Waals surface area (Å²) in [6, 6.07) is 12.8. The van der Waals surface area contributed by atoms with E-state index in [-0.39, 0.29) is 19.0 Å². The van der Waals surface area contributed by atoms with E-state index in [1.54, 1.807) is 0 Å². The monoisotopic (exact) mass is 541 g/mol. The molecule has 0 bridgehead atoms. The minimum atomic E-state index is -1.07. The molecule has 0 saturated heterocycles. The van der Waals surface area contributed by atoms with Crippen LogP contribution >= 0.6 is 12.4 Å². The van der Waals surface area contributed by atoms with E-state index in [1.807, 2.05) is 63.2 Å². The van der Waals surface area contributed by atoms with Gasteiger partial charge in [-0.3, -0.25) is 0 Å². The lowest BCUT2D eigenvalue weighted by molar-refractivity contribution is 0.00446. The number of ether oxygens (including phenoxy) is 1. The average Bonchev–Trinajstić information content (AvgIpc) is 3.41. The minimum Gasteiger partial charge on any atom is -0.478 e.